The minimum Gasteiger partial charge on any atom is -0.406 e. The van der Waals surface area contributed by atoms with E-state index in [4.69, 9.17) is 0 Å². The second-order valence-corrected chi connectivity index (χ2v) is 7.71. The Labute approximate surface area is 126 Å². The highest BCUT2D eigenvalue weighted by molar-refractivity contribution is 9.10. The second-order valence-electron chi connectivity index (χ2n) is 4.86. The number of alkyl halides is 3. The van der Waals surface area contributed by atoms with Crippen molar-refractivity contribution in [2.75, 3.05) is 0 Å². The lowest BCUT2D eigenvalue weighted by atomic mass is 10.2. The zero-order valence-electron chi connectivity index (χ0n) is 11.0. The fourth-order valence-corrected chi connectivity index (χ4v) is 2.14. The van der Waals surface area contributed by atoms with Crippen LogP contribution in [0.3, 0.4) is 0 Å². The maximum absolute atomic E-state index is 12.2. The van der Waals surface area contributed by atoms with Gasteiger partial charge in [0.15, 0.2) is 0 Å². The quantitative estimate of drug-likeness (QED) is 0.745. The van der Waals surface area contributed by atoms with Crippen LogP contribution in [0.25, 0.3) is 0 Å². The molecule has 1 rings (SSSR count). The van der Waals surface area contributed by atoms with Crippen LogP contribution < -0.4 is 4.74 Å². The third kappa shape index (κ3) is 6.04. The molecule has 1 atom stereocenters. The molecular weight excluding hydrogens is 359 g/mol. The summed E-state index contributed by atoms with van der Waals surface area (Å²) in [6, 6.07) is 3.90. The van der Waals surface area contributed by atoms with Crippen LogP contribution in [0, 0.1) is 0 Å². The molecule has 3 nitrogen and oxygen atoms in total. The van der Waals surface area contributed by atoms with E-state index in [1.54, 1.807) is 26.8 Å². The minimum atomic E-state index is -4.76. The Balaban J connectivity index is 2.97. The Bertz CT molecular complexity index is 538. The molecule has 1 aromatic rings. The Morgan fingerprint density at radius 1 is 1.25 bits per heavy atom. The van der Waals surface area contributed by atoms with Gasteiger partial charge in [-0.2, -0.15) is 4.40 Å². The van der Waals surface area contributed by atoms with E-state index >= 15 is 0 Å². The van der Waals surface area contributed by atoms with Gasteiger partial charge >= 0.3 is 6.36 Å². The molecular formula is C12H13BrF3NO2S. The number of ether oxygens (including phenoxy) is 1. The summed E-state index contributed by atoms with van der Waals surface area (Å²) in [5.74, 6) is -0.366. The Hall–Kier alpha value is -0.890. The first kappa shape index (κ1) is 17.2. The largest absolute Gasteiger partial charge is 0.573 e. The van der Waals surface area contributed by atoms with Gasteiger partial charge in [0, 0.05) is 10.7 Å². The molecule has 0 aromatic heterocycles. The monoisotopic (exact) mass is 371 g/mol. The molecule has 112 valence electrons. The molecule has 0 aliphatic heterocycles. The van der Waals surface area contributed by atoms with E-state index in [2.05, 4.69) is 25.1 Å². The molecule has 0 N–H and O–H groups in total. The smallest absolute Gasteiger partial charge is 0.406 e. The average molecular weight is 372 g/mol. The van der Waals surface area contributed by atoms with E-state index in [1.165, 1.54) is 18.3 Å². The molecule has 0 radical (unpaired) electrons. The summed E-state index contributed by atoms with van der Waals surface area (Å²) in [4.78, 5) is 0. The number of rotatable bonds is 3. The normalized spacial score (nSPS) is 14.6. The Morgan fingerprint density at radius 3 is 2.35 bits per heavy atom. The van der Waals surface area contributed by atoms with Crippen LogP contribution in [0.5, 0.6) is 5.75 Å². The minimum absolute atomic E-state index is 0.358. The molecule has 0 bridgehead atoms. The predicted molar refractivity (Wildman–Crippen MR) is 76.3 cm³/mol. The van der Waals surface area contributed by atoms with Gasteiger partial charge < -0.3 is 4.74 Å². The molecule has 1 aromatic carbocycles. The Kier molecular flexibility index (Phi) is 5.37. The summed E-state index contributed by atoms with van der Waals surface area (Å²) >= 11 is 3.08. The van der Waals surface area contributed by atoms with Gasteiger partial charge in [0.2, 0.25) is 0 Å². The van der Waals surface area contributed by atoms with Crippen LogP contribution in [0.1, 0.15) is 26.3 Å². The number of nitrogens with zero attached hydrogens (tertiary/aromatic N) is 1. The van der Waals surface area contributed by atoms with Crippen LogP contribution >= 0.6 is 15.9 Å². The van der Waals surface area contributed by atoms with Gasteiger partial charge in [-0.1, -0.05) is 15.9 Å². The standard InChI is InChI=1S/C12H13BrF3NO2S/c1-11(2,3)20(18)17-7-8-4-9(13)6-10(5-8)19-12(14,15)16/h4-7H,1-3H3/b17-7+/t20-/m1/s1. The van der Waals surface area contributed by atoms with Crippen molar-refractivity contribution in [1.29, 1.82) is 0 Å². The lowest BCUT2D eigenvalue weighted by Crippen LogP contribution is -2.19. The molecule has 20 heavy (non-hydrogen) atoms. The second kappa shape index (κ2) is 6.26. The first-order valence-electron chi connectivity index (χ1n) is 5.50. The summed E-state index contributed by atoms with van der Waals surface area (Å²) in [6.45, 7) is 5.25. The Morgan fingerprint density at radius 2 is 1.85 bits per heavy atom. The number of benzene rings is 1. The zero-order chi connectivity index (χ0) is 15.6. The van der Waals surface area contributed by atoms with Gasteiger partial charge in [0.05, 0.1) is 4.75 Å². The van der Waals surface area contributed by atoms with E-state index < -0.39 is 22.1 Å². The third-order valence-corrected chi connectivity index (χ3v) is 3.75. The predicted octanol–water partition coefficient (Wildman–Crippen LogP) is 4.23. The van der Waals surface area contributed by atoms with Crippen molar-refractivity contribution in [2.45, 2.75) is 31.9 Å². The fraction of sp³-hybridized carbons (Fsp3) is 0.417. The summed E-state index contributed by atoms with van der Waals surface area (Å²) in [7, 11) is -1.48. The molecule has 0 saturated carbocycles. The highest BCUT2D eigenvalue weighted by atomic mass is 79.9. The van der Waals surface area contributed by atoms with Gasteiger partial charge in [-0.15, -0.1) is 13.2 Å². The lowest BCUT2D eigenvalue weighted by molar-refractivity contribution is -0.274. The number of hydrogen-bond acceptors (Lipinski definition) is 2. The highest BCUT2D eigenvalue weighted by Gasteiger charge is 2.31. The highest BCUT2D eigenvalue weighted by Crippen LogP contribution is 2.26. The van der Waals surface area contributed by atoms with Crippen molar-refractivity contribution in [3.05, 3.63) is 28.2 Å². The summed E-state index contributed by atoms with van der Waals surface area (Å²) in [5.41, 5.74) is 0.358. The van der Waals surface area contributed by atoms with Crippen molar-refractivity contribution >= 4 is 33.1 Å². The number of hydrogen-bond donors (Lipinski definition) is 0. The first-order chi connectivity index (χ1) is 8.97. The van der Waals surface area contributed by atoms with Gasteiger partial charge in [0.1, 0.15) is 16.7 Å². The molecule has 0 amide bonds. The van der Waals surface area contributed by atoms with Crippen molar-refractivity contribution in [2.24, 2.45) is 4.40 Å². The van der Waals surface area contributed by atoms with E-state index in [0.29, 0.717) is 10.0 Å². The van der Waals surface area contributed by atoms with Crippen LogP contribution in [-0.4, -0.2) is 21.5 Å². The first-order valence-corrected chi connectivity index (χ1v) is 7.40. The lowest BCUT2D eigenvalue weighted by Gasteiger charge is -2.13. The fourth-order valence-electron chi connectivity index (χ4n) is 1.12. The van der Waals surface area contributed by atoms with Crippen molar-refractivity contribution < 1.29 is 22.1 Å². The third-order valence-electron chi connectivity index (χ3n) is 1.95. The number of halogens is 4. The van der Waals surface area contributed by atoms with Gasteiger partial charge in [-0.05, 0) is 44.5 Å². The molecule has 0 aliphatic carbocycles. The molecule has 0 fully saturated rings. The van der Waals surface area contributed by atoms with Gasteiger partial charge in [-0.25, -0.2) is 4.21 Å². The summed E-state index contributed by atoms with van der Waals surface area (Å²) in [6.07, 6.45) is -3.50. The van der Waals surface area contributed by atoms with Gasteiger partial charge in [0.25, 0.3) is 0 Å². The molecule has 0 spiro atoms. The van der Waals surface area contributed by atoms with E-state index in [1.807, 2.05) is 0 Å². The molecule has 0 unspecified atom stereocenters. The topological polar surface area (TPSA) is 38.7 Å². The van der Waals surface area contributed by atoms with E-state index in [-0.39, 0.29) is 5.75 Å². The maximum atomic E-state index is 12.2. The molecule has 0 saturated heterocycles. The van der Waals surface area contributed by atoms with E-state index in [9.17, 15) is 17.4 Å². The molecule has 0 heterocycles. The van der Waals surface area contributed by atoms with Crippen LogP contribution in [-0.2, 0) is 11.0 Å². The van der Waals surface area contributed by atoms with Crippen molar-refractivity contribution in [3.8, 4) is 5.75 Å². The maximum Gasteiger partial charge on any atom is 0.573 e. The van der Waals surface area contributed by atoms with Crippen molar-refractivity contribution in [1.82, 2.24) is 0 Å². The SMILES string of the molecule is CC(C)(C)[S@@](=O)/N=C/c1cc(Br)cc(OC(F)(F)F)c1. The van der Waals surface area contributed by atoms with Gasteiger partial charge in [-0.3, -0.25) is 0 Å². The zero-order valence-corrected chi connectivity index (χ0v) is 13.4. The summed E-state index contributed by atoms with van der Waals surface area (Å²) in [5, 5.41) is 0. The average Bonchev–Trinajstić information content (AvgIpc) is 2.21. The van der Waals surface area contributed by atoms with Crippen LogP contribution in [0.15, 0.2) is 27.1 Å². The van der Waals surface area contributed by atoms with E-state index in [0.717, 1.165) is 0 Å². The van der Waals surface area contributed by atoms with Crippen molar-refractivity contribution in [3.63, 3.8) is 0 Å². The van der Waals surface area contributed by atoms with Crippen LogP contribution in [0.2, 0.25) is 0 Å². The van der Waals surface area contributed by atoms with Crippen LogP contribution in [0.4, 0.5) is 13.2 Å². The summed E-state index contributed by atoms with van der Waals surface area (Å²) < 4.78 is 55.7. The molecule has 8 heteroatoms. The molecule has 0 aliphatic rings.